The highest BCUT2D eigenvalue weighted by Crippen LogP contribution is 2.60. The van der Waals surface area contributed by atoms with Gasteiger partial charge in [-0.25, -0.2) is 4.79 Å². The summed E-state index contributed by atoms with van der Waals surface area (Å²) in [5.74, 6) is 0.599. The van der Waals surface area contributed by atoms with Crippen LogP contribution in [0.1, 0.15) is 29.5 Å². The van der Waals surface area contributed by atoms with Gasteiger partial charge in [-0.15, -0.1) is 0 Å². The summed E-state index contributed by atoms with van der Waals surface area (Å²) in [6.45, 7) is 0.598. The number of benzene rings is 2. The van der Waals surface area contributed by atoms with Gasteiger partial charge >= 0.3 is 6.03 Å². The average Bonchev–Trinajstić information content (AvgIpc) is 3.02. The normalized spacial score (nSPS) is 29.9. The molecule has 2 aliphatic carbocycles. The fourth-order valence-electron chi connectivity index (χ4n) is 4.74. The first kappa shape index (κ1) is 16.8. The molecule has 0 saturated heterocycles. The lowest BCUT2D eigenvalue weighted by molar-refractivity contribution is 0.0277. The maximum atomic E-state index is 12.2. The number of urea groups is 1. The fraction of sp³-hybridized carbons (Fsp3) is 0.333. The summed E-state index contributed by atoms with van der Waals surface area (Å²) >= 11 is 6.25. The van der Waals surface area contributed by atoms with Crippen molar-refractivity contribution in [3.8, 4) is 0 Å². The fourth-order valence-corrected chi connectivity index (χ4v) is 4.97. The molecule has 3 N–H and O–H groups in total. The number of aliphatic imine (C=N–C) groups is 1. The van der Waals surface area contributed by atoms with Gasteiger partial charge in [0.2, 0.25) is 0 Å². The number of nitrogens with one attached hydrogen (secondary N) is 2. The molecule has 2 saturated carbocycles. The van der Waals surface area contributed by atoms with Gasteiger partial charge in [-0.1, -0.05) is 29.8 Å². The number of nitrogens with zero attached hydrogens (tertiary/aromatic N) is 1. The maximum absolute atomic E-state index is 12.2. The third kappa shape index (κ3) is 2.91. The van der Waals surface area contributed by atoms with Crippen LogP contribution < -0.4 is 10.6 Å². The minimum absolute atomic E-state index is 0.123. The summed E-state index contributed by atoms with van der Waals surface area (Å²) < 4.78 is 0. The van der Waals surface area contributed by atoms with Gasteiger partial charge in [0.05, 0.1) is 12.1 Å². The molecule has 27 heavy (non-hydrogen) atoms. The first-order valence-electron chi connectivity index (χ1n) is 9.21. The van der Waals surface area contributed by atoms with Crippen LogP contribution >= 0.6 is 11.6 Å². The molecule has 0 aromatic heterocycles. The van der Waals surface area contributed by atoms with Crippen LogP contribution in [-0.2, 0) is 12.1 Å². The zero-order chi connectivity index (χ0) is 18.6. The van der Waals surface area contributed by atoms with Crippen molar-refractivity contribution in [2.75, 3.05) is 5.32 Å². The molecule has 2 aromatic rings. The SMILES string of the molecule is O=C(Nc1ccccc1)NC1[C@H]2CC(O)(c3cc(Cl)cc4c3CN=C4)C[C@@H]12. The van der Waals surface area contributed by atoms with Crippen LogP contribution in [0.25, 0.3) is 0 Å². The number of anilines is 1. The number of carbonyl (C=O) groups excluding carboxylic acids is 1. The van der Waals surface area contributed by atoms with Crippen molar-refractivity contribution in [2.24, 2.45) is 16.8 Å². The van der Waals surface area contributed by atoms with Crippen LogP contribution in [0.15, 0.2) is 47.5 Å². The summed E-state index contributed by atoms with van der Waals surface area (Å²) in [6.07, 6.45) is 3.10. The number of hydrogen-bond donors (Lipinski definition) is 3. The van der Waals surface area contributed by atoms with E-state index in [2.05, 4.69) is 15.6 Å². The van der Waals surface area contributed by atoms with Gasteiger partial charge in [0.1, 0.15) is 0 Å². The molecule has 5 nitrogen and oxygen atoms in total. The van der Waals surface area contributed by atoms with Gasteiger partial charge in [-0.05, 0) is 65.6 Å². The zero-order valence-electron chi connectivity index (χ0n) is 14.7. The van der Waals surface area contributed by atoms with Crippen molar-refractivity contribution in [1.29, 1.82) is 0 Å². The molecular formula is C21H20ClN3O2. The number of amides is 2. The Morgan fingerprint density at radius 1 is 1.19 bits per heavy atom. The first-order chi connectivity index (χ1) is 13.0. The van der Waals surface area contributed by atoms with E-state index in [9.17, 15) is 9.90 Å². The molecule has 1 aliphatic heterocycles. The topological polar surface area (TPSA) is 73.7 Å². The average molecular weight is 382 g/mol. The van der Waals surface area contributed by atoms with E-state index in [0.29, 0.717) is 36.2 Å². The second-order valence-electron chi connectivity index (χ2n) is 7.75. The van der Waals surface area contributed by atoms with Crippen molar-refractivity contribution in [3.63, 3.8) is 0 Å². The van der Waals surface area contributed by atoms with Crippen LogP contribution in [0.3, 0.4) is 0 Å². The molecule has 3 aliphatic rings. The standard InChI is InChI=1S/C21H20ClN3O2/c22-13-6-12-10-23-11-17(12)18(7-13)21(27)8-15-16(9-21)19(15)25-20(26)24-14-4-2-1-3-5-14/h1-7,10,15-16,19,27H,8-9,11H2,(H2,24,25,26)/t15-,16+,19?,21?. The Labute approximate surface area is 162 Å². The van der Waals surface area contributed by atoms with E-state index in [-0.39, 0.29) is 12.1 Å². The van der Waals surface area contributed by atoms with Crippen LogP contribution in [0, 0.1) is 11.8 Å². The molecule has 4 atom stereocenters. The van der Waals surface area contributed by atoms with E-state index in [4.69, 9.17) is 11.6 Å². The predicted octanol–water partition coefficient (Wildman–Crippen LogP) is 3.69. The Morgan fingerprint density at radius 2 is 1.93 bits per heavy atom. The Balaban J connectivity index is 1.25. The van der Waals surface area contributed by atoms with Crippen molar-refractivity contribution >= 4 is 29.5 Å². The minimum atomic E-state index is -0.883. The lowest BCUT2D eigenvalue weighted by Gasteiger charge is -2.29. The molecule has 0 bridgehead atoms. The second kappa shape index (κ2) is 6.08. The number of carbonyl (C=O) groups is 1. The summed E-state index contributed by atoms with van der Waals surface area (Å²) in [7, 11) is 0. The minimum Gasteiger partial charge on any atom is -0.385 e. The molecule has 2 aromatic carbocycles. The summed E-state index contributed by atoms with van der Waals surface area (Å²) in [5.41, 5.74) is 2.87. The molecule has 0 spiro atoms. The van der Waals surface area contributed by atoms with Crippen LogP contribution in [0.2, 0.25) is 5.02 Å². The van der Waals surface area contributed by atoms with E-state index >= 15 is 0 Å². The first-order valence-corrected chi connectivity index (χ1v) is 9.59. The van der Waals surface area contributed by atoms with Crippen molar-refractivity contribution in [3.05, 3.63) is 64.2 Å². The predicted molar refractivity (Wildman–Crippen MR) is 105 cm³/mol. The lowest BCUT2D eigenvalue weighted by atomic mass is 9.84. The van der Waals surface area contributed by atoms with Gasteiger partial charge < -0.3 is 15.7 Å². The summed E-state index contributed by atoms with van der Waals surface area (Å²) in [4.78, 5) is 16.5. The van der Waals surface area contributed by atoms with Gasteiger partial charge in [0.15, 0.2) is 0 Å². The monoisotopic (exact) mass is 381 g/mol. The second-order valence-corrected chi connectivity index (χ2v) is 8.19. The number of hydrogen-bond acceptors (Lipinski definition) is 3. The maximum Gasteiger partial charge on any atom is 0.319 e. The van der Waals surface area contributed by atoms with Crippen LogP contribution in [-0.4, -0.2) is 23.4 Å². The van der Waals surface area contributed by atoms with E-state index in [1.807, 2.05) is 48.7 Å². The zero-order valence-corrected chi connectivity index (χ0v) is 15.4. The van der Waals surface area contributed by atoms with E-state index in [1.54, 1.807) is 0 Å². The quantitative estimate of drug-likeness (QED) is 0.758. The molecule has 2 unspecified atom stereocenters. The van der Waals surface area contributed by atoms with E-state index in [1.165, 1.54) is 0 Å². The van der Waals surface area contributed by atoms with Crippen molar-refractivity contribution in [1.82, 2.24) is 5.32 Å². The smallest absolute Gasteiger partial charge is 0.319 e. The summed E-state index contributed by atoms with van der Waals surface area (Å²) in [6, 6.07) is 13.1. The van der Waals surface area contributed by atoms with E-state index in [0.717, 1.165) is 22.4 Å². The number of halogens is 1. The number of fused-ring (bicyclic) bond motifs is 2. The lowest BCUT2D eigenvalue weighted by Crippen LogP contribution is -2.36. The molecule has 138 valence electrons. The number of rotatable bonds is 3. The Kier molecular flexibility index (Phi) is 3.78. The molecule has 2 amide bonds. The Bertz CT molecular complexity index is 932. The third-order valence-electron chi connectivity index (χ3n) is 6.04. The third-order valence-corrected chi connectivity index (χ3v) is 6.26. The molecular weight excluding hydrogens is 362 g/mol. The molecule has 2 fully saturated rings. The largest absolute Gasteiger partial charge is 0.385 e. The summed E-state index contributed by atoms with van der Waals surface area (Å²) in [5, 5.41) is 17.8. The van der Waals surface area contributed by atoms with Gasteiger partial charge in [-0.3, -0.25) is 4.99 Å². The highest BCUT2D eigenvalue weighted by atomic mass is 35.5. The van der Waals surface area contributed by atoms with E-state index < -0.39 is 5.60 Å². The molecule has 6 heteroatoms. The molecule has 1 heterocycles. The van der Waals surface area contributed by atoms with Gasteiger partial charge in [-0.2, -0.15) is 0 Å². The van der Waals surface area contributed by atoms with Crippen LogP contribution in [0.4, 0.5) is 10.5 Å². The van der Waals surface area contributed by atoms with Gasteiger partial charge in [0, 0.05) is 23.0 Å². The number of aliphatic hydroxyl groups is 1. The highest BCUT2D eigenvalue weighted by Gasteiger charge is 2.62. The number of para-hydroxylation sites is 1. The Hall–Kier alpha value is -2.37. The van der Waals surface area contributed by atoms with Gasteiger partial charge in [0.25, 0.3) is 0 Å². The highest BCUT2D eigenvalue weighted by molar-refractivity contribution is 6.31. The Morgan fingerprint density at radius 3 is 2.67 bits per heavy atom. The molecule has 5 rings (SSSR count). The van der Waals surface area contributed by atoms with Crippen LogP contribution in [0.5, 0.6) is 0 Å². The van der Waals surface area contributed by atoms with Crippen molar-refractivity contribution in [2.45, 2.75) is 31.0 Å². The molecule has 0 radical (unpaired) electrons. The van der Waals surface area contributed by atoms with Crippen molar-refractivity contribution < 1.29 is 9.90 Å².